The number of aromatic nitrogens is 2. The molecule has 118 valence electrons. The third-order valence-electron chi connectivity index (χ3n) is 3.36. The van der Waals surface area contributed by atoms with Crippen LogP contribution in [0.3, 0.4) is 0 Å². The number of rotatable bonds is 5. The summed E-state index contributed by atoms with van der Waals surface area (Å²) in [6.07, 6.45) is 0. The molecule has 23 heavy (non-hydrogen) atoms. The Morgan fingerprint density at radius 3 is 2.61 bits per heavy atom. The lowest BCUT2D eigenvalue weighted by atomic mass is 10.1. The first kappa shape index (κ1) is 16.2. The number of benzene rings is 2. The average molecular weight is 393 g/mol. The molecule has 3 nitrogen and oxygen atoms in total. The molecule has 1 unspecified atom stereocenters. The molecule has 0 saturated carbocycles. The van der Waals surface area contributed by atoms with E-state index in [1.165, 1.54) is 6.07 Å². The zero-order valence-electron chi connectivity index (χ0n) is 12.4. The lowest BCUT2D eigenvalue weighted by Crippen LogP contribution is -1.94. The van der Waals surface area contributed by atoms with E-state index < -0.39 is 0 Å². The van der Waals surface area contributed by atoms with E-state index in [1.807, 2.05) is 37.3 Å². The van der Waals surface area contributed by atoms with Crippen LogP contribution in [0.2, 0.25) is 0 Å². The van der Waals surface area contributed by atoms with Crippen LogP contribution >= 0.6 is 27.7 Å². The van der Waals surface area contributed by atoms with Gasteiger partial charge in [-0.25, -0.2) is 4.39 Å². The van der Waals surface area contributed by atoms with Gasteiger partial charge in [0.2, 0.25) is 11.8 Å². The number of thioether (sulfide) groups is 1. The first-order valence-electron chi connectivity index (χ1n) is 7.08. The van der Waals surface area contributed by atoms with Crippen molar-refractivity contribution in [1.29, 1.82) is 0 Å². The normalized spacial score (nSPS) is 12.3. The molecule has 0 aliphatic rings. The van der Waals surface area contributed by atoms with Crippen molar-refractivity contribution in [2.24, 2.45) is 0 Å². The first-order valence-corrected chi connectivity index (χ1v) is 8.92. The van der Waals surface area contributed by atoms with E-state index >= 15 is 0 Å². The quantitative estimate of drug-likeness (QED) is 0.563. The van der Waals surface area contributed by atoms with Gasteiger partial charge in [0.1, 0.15) is 5.82 Å². The molecule has 0 amide bonds. The van der Waals surface area contributed by atoms with E-state index in [9.17, 15) is 4.39 Å². The summed E-state index contributed by atoms with van der Waals surface area (Å²) < 4.78 is 20.4. The minimum atomic E-state index is -0.186. The topological polar surface area (TPSA) is 38.9 Å². The van der Waals surface area contributed by atoms with Crippen LogP contribution in [-0.2, 0) is 5.75 Å². The molecule has 0 aliphatic heterocycles. The summed E-state index contributed by atoms with van der Waals surface area (Å²) in [5, 5.41) is 8.14. The summed E-state index contributed by atoms with van der Waals surface area (Å²) in [6, 6.07) is 14.5. The lowest BCUT2D eigenvalue weighted by Gasteiger charge is -2.10. The van der Waals surface area contributed by atoms with Crippen molar-refractivity contribution in [3.63, 3.8) is 0 Å². The van der Waals surface area contributed by atoms with Crippen LogP contribution < -0.4 is 0 Å². The maximum Gasteiger partial charge on any atom is 0.247 e. The third kappa shape index (κ3) is 4.00. The fourth-order valence-corrected chi connectivity index (χ4v) is 3.26. The summed E-state index contributed by atoms with van der Waals surface area (Å²) >= 11 is 4.96. The molecule has 0 N–H and O–H groups in total. The molecule has 0 bridgehead atoms. The second-order valence-electron chi connectivity index (χ2n) is 4.98. The first-order chi connectivity index (χ1) is 11.1. The Morgan fingerprint density at radius 2 is 1.87 bits per heavy atom. The highest BCUT2D eigenvalue weighted by molar-refractivity contribution is 9.10. The molecule has 0 spiro atoms. The Morgan fingerprint density at radius 1 is 1.13 bits per heavy atom. The molecule has 1 heterocycles. The van der Waals surface area contributed by atoms with Crippen molar-refractivity contribution in [3.8, 4) is 11.5 Å². The molecule has 1 atom stereocenters. The van der Waals surface area contributed by atoms with Gasteiger partial charge in [-0.1, -0.05) is 34.1 Å². The fraction of sp³-hybridized carbons (Fsp3) is 0.176. The summed E-state index contributed by atoms with van der Waals surface area (Å²) in [5.41, 5.74) is 1.56. The summed E-state index contributed by atoms with van der Waals surface area (Å²) in [4.78, 5) is 0. The van der Waals surface area contributed by atoms with Gasteiger partial charge in [-0.05, 0) is 37.3 Å². The molecule has 0 radical (unpaired) electrons. The van der Waals surface area contributed by atoms with Crippen LogP contribution in [0.25, 0.3) is 11.5 Å². The molecule has 0 fully saturated rings. The molecule has 0 saturated heterocycles. The Hall–Kier alpha value is -1.66. The van der Waals surface area contributed by atoms with E-state index in [4.69, 9.17) is 4.42 Å². The van der Waals surface area contributed by atoms with E-state index in [1.54, 1.807) is 23.9 Å². The molecule has 6 heteroatoms. The van der Waals surface area contributed by atoms with Crippen LogP contribution in [-0.4, -0.2) is 10.2 Å². The molecule has 3 rings (SSSR count). The lowest BCUT2D eigenvalue weighted by molar-refractivity contribution is 0.528. The maximum atomic E-state index is 13.8. The minimum absolute atomic E-state index is 0.0132. The standard InChI is InChI=1S/C17H14BrFN2OS/c1-11(14-4-2-3-5-15(14)19)23-10-16-20-21-17(22-16)12-6-8-13(18)9-7-12/h2-9,11H,10H2,1H3. The van der Waals surface area contributed by atoms with Gasteiger partial charge in [0, 0.05) is 20.8 Å². The maximum absolute atomic E-state index is 13.8. The van der Waals surface area contributed by atoms with Crippen molar-refractivity contribution < 1.29 is 8.81 Å². The molecular weight excluding hydrogens is 379 g/mol. The Balaban J connectivity index is 1.65. The van der Waals surface area contributed by atoms with Gasteiger partial charge in [-0.2, -0.15) is 0 Å². The van der Waals surface area contributed by atoms with Crippen LogP contribution in [0.1, 0.15) is 23.6 Å². The second kappa shape index (κ2) is 7.27. The van der Waals surface area contributed by atoms with E-state index in [0.717, 1.165) is 10.0 Å². The van der Waals surface area contributed by atoms with E-state index in [-0.39, 0.29) is 11.1 Å². The largest absolute Gasteiger partial charge is 0.420 e. The van der Waals surface area contributed by atoms with Crippen molar-refractivity contribution >= 4 is 27.7 Å². The highest BCUT2D eigenvalue weighted by atomic mass is 79.9. The molecule has 1 aromatic heterocycles. The van der Waals surface area contributed by atoms with Crippen LogP contribution in [0.15, 0.2) is 57.4 Å². The monoisotopic (exact) mass is 392 g/mol. The van der Waals surface area contributed by atoms with Crippen molar-refractivity contribution in [3.05, 3.63) is 70.3 Å². The number of halogens is 2. The summed E-state index contributed by atoms with van der Waals surface area (Å²) in [7, 11) is 0. The predicted octanol–water partition coefficient (Wildman–Crippen LogP) is 5.63. The molecule has 2 aromatic carbocycles. The smallest absolute Gasteiger partial charge is 0.247 e. The molecule has 3 aromatic rings. The zero-order chi connectivity index (χ0) is 16.2. The van der Waals surface area contributed by atoms with Gasteiger partial charge < -0.3 is 4.42 Å². The van der Waals surface area contributed by atoms with Gasteiger partial charge in [-0.15, -0.1) is 22.0 Å². The second-order valence-corrected chi connectivity index (χ2v) is 7.23. The van der Waals surface area contributed by atoms with Gasteiger partial charge in [0.15, 0.2) is 0 Å². The molecular formula is C17H14BrFN2OS. The van der Waals surface area contributed by atoms with Gasteiger partial charge in [-0.3, -0.25) is 0 Å². The zero-order valence-corrected chi connectivity index (χ0v) is 14.8. The highest BCUT2D eigenvalue weighted by Gasteiger charge is 2.14. The van der Waals surface area contributed by atoms with Crippen LogP contribution in [0.4, 0.5) is 4.39 Å². The summed E-state index contributed by atoms with van der Waals surface area (Å²) in [6.45, 7) is 1.97. The SMILES string of the molecule is CC(SCc1nnc(-c2ccc(Br)cc2)o1)c1ccccc1F. The van der Waals surface area contributed by atoms with Gasteiger partial charge >= 0.3 is 0 Å². The number of hydrogen-bond donors (Lipinski definition) is 0. The van der Waals surface area contributed by atoms with E-state index in [2.05, 4.69) is 26.1 Å². The summed E-state index contributed by atoms with van der Waals surface area (Å²) in [5.74, 6) is 1.38. The van der Waals surface area contributed by atoms with Crippen molar-refractivity contribution in [1.82, 2.24) is 10.2 Å². The van der Waals surface area contributed by atoms with Crippen LogP contribution in [0.5, 0.6) is 0 Å². The van der Waals surface area contributed by atoms with Gasteiger partial charge in [0.05, 0.1) is 5.75 Å². The Bertz CT molecular complexity index is 791. The molecule has 0 aliphatic carbocycles. The van der Waals surface area contributed by atoms with Gasteiger partial charge in [0.25, 0.3) is 0 Å². The van der Waals surface area contributed by atoms with E-state index in [0.29, 0.717) is 23.1 Å². The fourth-order valence-electron chi connectivity index (χ4n) is 2.11. The average Bonchev–Trinajstić information content (AvgIpc) is 3.03. The van der Waals surface area contributed by atoms with Crippen molar-refractivity contribution in [2.45, 2.75) is 17.9 Å². The minimum Gasteiger partial charge on any atom is -0.420 e. The highest BCUT2D eigenvalue weighted by Crippen LogP contribution is 2.32. The van der Waals surface area contributed by atoms with Crippen LogP contribution in [0, 0.1) is 5.82 Å². The van der Waals surface area contributed by atoms with Crippen molar-refractivity contribution in [2.75, 3.05) is 0 Å². The Kier molecular flexibility index (Phi) is 5.13. The third-order valence-corrected chi connectivity index (χ3v) is 5.05. The number of hydrogen-bond acceptors (Lipinski definition) is 4. The number of nitrogens with zero attached hydrogens (tertiary/aromatic N) is 2. The predicted molar refractivity (Wildman–Crippen MR) is 93.5 cm³/mol. The Labute approximate surface area is 146 Å².